The summed E-state index contributed by atoms with van der Waals surface area (Å²) in [5, 5.41) is 12.2. The third kappa shape index (κ3) is 4.74. The SMILES string of the molecule is CCc1ccc(NC(=O)[C@@H](C#N)Cc2ccc(OC)cc2OC)cc1. The number of amides is 1. The van der Waals surface area contributed by atoms with E-state index in [4.69, 9.17) is 9.47 Å². The van der Waals surface area contributed by atoms with Crippen molar-refractivity contribution in [2.75, 3.05) is 19.5 Å². The number of nitrogens with one attached hydrogen (secondary N) is 1. The van der Waals surface area contributed by atoms with Gasteiger partial charge in [-0.1, -0.05) is 25.1 Å². The van der Waals surface area contributed by atoms with E-state index in [2.05, 4.69) is 18.3 Å². The Kier molecular flexibility index (Phi) is 6.41. The summed E-state index contributed by atoms with van der Waals surface area (Å²) < 4.78 is 10.5. The zero-order valence-corrected chi connectivity index (χ0v) is 14.7. The molecule has 0 aliphatic rings. The lowest BCUT2D eigenvalue weighted by molar-refractivity contribution is -0.118. The molecule has 5 nitrogen and oxygen atoms in total. The minimum atomic E-state index is -0.812. The predicted octanol–water partition coefficient (Wildman–Crippen LogP) is 3.59. The molecule has 0 aliphatic heterocycles. The second-order valence-corrected chi connectivity index (χ2v) is 5.60. The van der Waals surface area contributed by atoms with Gasteiger partial charge in [-0.25, -0.2) is 0 Å². The highest BCUT2D eigenvalue weighted by Crippen LogP contribution is 2.27. The van der Waals surface area contributed by atoms with E-state index in [-0.39, 0.29) is 12.3 Å². The zero-order chi connectivity index (χ0) is 18.2. The molecule has 5 heteroatoms. The number of rotatable bonds is 7. The van der Waals surface area contributed by atoms with Crippen molar-refractivity contribution >= 4 is 11.6 Å². The van der Waals surface area contributed by atoms with Gasteiger partial charge in [-0.05, 0) is 35.7 Å². The van der Waals surface area contributed by atoms with E-state index in [1.807, 2.05) is 30.3 Å². The minimum Gasteiger partial charge on any atom is -0.497 e. The molecule has 0 aromatic heterocycles. The number of ether oxygens (including phenoxy) is 2. The molecule has 0 saturated carbocycles. The maximum Gasteiger partial charge on any atom is 0.242 e. The predicted molar refractivity (Wildman–Crippen MR) is 96.8 cm³/mol. The van der Waals surface area contributed by atoms with Crippen LogP contribution in [0.2, 0.25) is 0 Å². The number of carbonyl (C=O) groups is 1. The monoisotopic (exact) mass is 338 g/mol. The number of benzene rings is 2. The average molecular weight is 338 g/mol. The summed E-state index contributed by atoms with van der Waals surface area (Å²) in [6, 6.07) is 15.0. The van der Waals surface area contributed by atoms with Gasteiger partial charge in [0, 0.05) is 18.2 Å². The van der Waals surface area contributed by atoms with Gasteiger partial charge in [-0.2, -0.15) is 5.26 Å². The molecule has 0 spiro atoms. The van der Waals surface area contributed by atoms with Crippen LogP contribution in [-0.4, -0.2) is 20.1 Å². The molecule has 130 valence electrons. The highest BCUT2D eigenvalue weighted by Gasteiger charge is 2.20. The van der Waals surface area contributed by atoms with Crippen molar-refractivity contribution in [3.8, 4) is 17.6 Å². The van der Waals surface area contributed by atoms with Gasteiger partial charge in [0.15, 0.2) is 0 Å². The number of hydrogen-bond acceptors (Lipinski definition) is 4. The Morgan fingerprint density at radius 2 is 1.88 bits per heavy atom. The second-order valence-electron chi connectivity index (χ2n) is 5.60. The highest BCUT2D eigenvalue weighted by molar-refractivity contribution is 5.94. The average Bonchev–Trinajstić information content (AvgIpc) is 2.66. The molecule has 1 atom stereocenters. The van der Waals surface area contributed by atoms with Gasteiger partial charge in [0.2, 0.25) is 5.91 Å². The smallest absolute Gasteiger partial charge is 0.242 e. The van der Waals surface area contributed by atoms with Crippen LogP contribution < -0.4 is 14.8 Å². The summed E-state index contributed by atoms with van der Waals surface area (Å²) in [5.74, 6) is 0.118. The van der Waals surface area contributed by atoms with Gasteiger partial charge in [-0.3, -0.25) is 4.79 Å². The van der Waals surface area contributed by atoms with Crippen molar-refractivity contribution < 1.29 is 14.3 Å². The van der Waals surface area contributed by atoms with E-state index in [1.54, 1.807) is 26.4 Å². The maximum absolute atomic E-state index is 12.4. The number of anilines is 1. The fourth-order valence-electron chi connectivity index (χ4n) is 2.49. The molecule has 1 amide bonds. The Hall–Kier alpha value is -3.00. The van der Waals surface area contributed by atoms with Crippen LogP contribution in [0.25, 0.3) is 0 Å². The number of methoxy groups -OCH3 is 2. The standard InChI is InChI=1S/C20H22N2O3/c1-4-14-5-8-17(9-6-14)22-20(23)16(13-21)11-15-7-10-18(24-2)12-19(15)25-3/h5-10,12,16H,4,11H2,1-3H3,(H,22,23)/t16-/m1/s1. The third-order valence-electron chi connectivity index (χ3n) is 4.02. The topological polar surface area (TPSA) is 71.4 Å². The summed E-state index contributed by atoms with van der Waals surface area (Å²) in [5.41, 5.74) is 2.66. The van der Waals surface area contributed by atoms with Gasteiger partial charge < -0.3 is 14.8 Å². The molecule has 0 radical (unpaired) electrons. The first-order valence-electron chi connectivity index (χ1n) is 8.11. The van der Waals surface area contributed by atoms with Crippen LogP contribution in [0, 0.1) is 17.2 Å². The van der Waals surface area contributed by atoms with Gasteiger partial charge in [0.05, 0.1) is 20.3 Å². The second kappa shape index (κ2) is 8.74. The highest BCUT2D eigenvalue weighted by atomic mass is 16.5. The molecule has 25 heavy (non-hydrogen) atoms. The van der Waals surface area contributed by atoms with Crippen molar-refractivity contribution in [1.82, 2.24) is 0 Å². The van der Waals surface area contributed by atoms with Crippen LogP contribution >= 0.6 is 0 Å². The normalized spacial score (nSPS) is 11.3. The number of nitriles is 1. The van der Waals surface area contributed by atoms with Gasteiger partial charge >= 0.3 is 0 Å². The first-order valence-corrected chi connectivity index (χ1v) is 8.11. The van der Waals surface area contributed by atoms with E-state index in [9.17, 15) is 10.1 Å². The molecule has 0 aliphatic carbocycles. The van der Waals surface area contributed by atoms with Crippen LogP contribution in [0.15, 0.2) is 42.5 Å². The third-order valence-corrected chi connectivity index (χ3v) is 4.02. The first kappa shape index (κ1) is 18.3. The summed E-state index contributed by atoms with van der Waals surface area (Å²) in [4.78, 5) is 12.4. The van der Waals surface area contributed by atoms with E-state index < -0.39 is 5.92 Å². The van der Waals surface area contributed by atoms with Crippen LogP contribution in [0.3, 0.4) is 0 Å². The summed E-state index contributed by atoms with van der Waals surface area (Å²) in [7, 11) is 3.12. The van der Waals surface area contributed by atoms with Crippen molar-refractivity contribution in [1.29, 1.82) is 5.26 Å². The van der Waals surface area contributed by atoms with Gasteiger partial charge in [0.1, 0.15) is 17.4 Å². The molecular formula is C20H22N2O3. The lowest BCUT2D eigenvalue weighted by Gasteiger charge is -2.14. The fraction of sp³-hybridized carbons (Fsp3) is 0.300. The molecular weight excluding hydrogens is 316 g/mol. The zero-order valence-electron chi connectivity index (χ0n) is 14.7. The molecule has 0 heterocycles. The Balaban J connectivity index is 2.11. The molecule has 2 aromatic carbocycles. The number of carbonyl (C=O) groups excluding carboxylic acids is 1. The Morgan fingerprint density at radius 3 is 2.44 bits per heavy atom. The van der Waals surface area contributed by atoms with E-state index in [0.29, 0.717) is 17.2 Å². The lowest BCUT2D eigenvalue weighted by Crippen LogP contribution is -2.23. The van der Waals surface area contributed by atoms with Gasteiger partial charge in [0.25, 0.3) is 0 Å². The number of nitrogens with zero attached hydrogens (tertiary/aromatic N) is 1. The Labute approximate surface area is 148 Å². The molecule has 0 unspecified atom stereocenters. The molecule has 2 rings (SSSR count). The summed E-state index contributed by atoms with van der Waals surface area (Å²) in [6.45, 7) is 2.07. The number of aryl methyl sites for hydroxylation is 1. The summed E-state index contributed by atoms with van der Waals surface area (Å²) in [6.07, 6.45) is 1.20. The molecule has 2 aromatic rings. The van der Waals surface area contributed by atoms with Crippen molar-refractivity contribution in [3.63, 3.8) is 0 Å². The van der Waals surface area contributed by atoms with Crippen LogP contribution in [0.1, 0.15) is 18.1 Å². The minimum absolute atomic E-state index is 0.266. The molecule has 0 saturated heterocycles. The Morgan fingerprint density at radius 1 is 1.16 bits per heavy atom. The van der Waals surface area contributed by atoms with Crippen LogP contribution in [0.4, 0.5) is 5.69 Å². The van der Waals surface area contributed by atoms with Crippen molar-refractivity contribution in [2.45, 2.75) is 19.8 Å². The van der Waals surface area contributed by atoms with Crippen molar-refractivity contribution in [2.24, 2.45) is 5.92 Å². The Bertz CT molecular complexity index is 764. The molecule has 1 N–H and O–H groups in total. The van der Waals surface area contributed by atoms with E-state index in [0.717, 1.165) is 12.0 Å². The quantitative estimate of drug-likeness (QED) is 0.837. The largest absolute Gasteiger partial charge is 0.497 e. The van der Waals surface area contributed by atoms with Crippen LogP contribution in [-0.2, 0) is 17.6 Å². The summed E-state index contributed by atoms with van der Waals surface area (Å²) >= 11 is 0. The maximum atomic E-state index is 12.4. The lowest BCUT2D eigenvalue weighted by atomic mass is 9.98. The van der Waals surface area contributed by atoms with E-state index in [1.165, 1.54) is 5.56 Å². The fourth-order valence-corrected chi connectivity index (χ4v) is 2.49. The molecule has 0 fully saturated rings. The van der Waals surface area contributed by atoms with Gasteiger partial charge in [-0.15, -0.1) is 0 Å². The molecule has 0 bridgehead atoms. The van der Waals surface area contributed by atoms with Crippen molar-refractivity contribution in [3.05, 3.63) is 53.6 Å². The van der Waals surface area contributed by atoms with Crippen LogP contribution in [0.5, 0.6) is 11.5 Å². The van der Waals surface area contributed by atoms with E-state index >= 15 is 0 Å². The first-order chi connectivity index (χ1) is 12.1. The number of hydrogen-bond donors (Lipinski definition) is 1.